The van der Waals surface area contributed by atoms with E-state index in [2.05, 4.69) is 57.2 Å². The first kappa shape index (κ1) is 20.0. The van der Waals surface area contributed by atoms with Crippen molar-refractivity contribution in [1.82, 2.24) is 9.88 Å². The van der Waals surface area contributed by atoms with Crippen LogP contribution in [0.5, 0.6) is 0 Å². The summed E-state index contributed by atoms with van der Waals surface area (Å²) in [6, 6.07) is 21.0. The van der Waals surface area contributed by atoms with Gasteiger partial charge in [0, 0.05) is 48.8 Å². The van der Waals surface area contributed by atoms with Gasteiger partial charge >= 0.3 is 0 Å². The summed E-state index contributed by atoms with van der Waals surface area (Å²) in [6.45, 7) is 4.13. The molecule has 0 unspecified atom stereocenters. The Morgan fingerprint density at radius 1 is 0.935 bits per heavy atom. The summed E-state index contributed by atoms with van der Waals surface area (Å²) < 4.78 is 0. The van der Waals surface area contributed by atoms with Crippen LogP contribution in [-0.4, -0.2) is 35.3 Å². The van der Waals surface area contributed by atoms with Crippen molar-refractivity contribution >= 4 is 17.2 Å². The Balaban J connectivity index is 1.17. The van der Waals surface area contributed by atoms with Crippen LogP contribution in [0.3, 0.4) is 0 Å². The number of ketones is 1. The molecule has 3 heterocycles. The van der Waals surface area contributed by atoms with Crippen LogP contribution < -0.4 is 4.90 Å². The summed E-state index contributed by atoms with van der Waals surface area (Å²) in [5, 5.41) is 0. The van der Waals surface area contributed by atoms with Gasteiger partial charge < -0.3 is 4.90 Å². The molecule has 1 saturated heterocycles. The van der Waals surface area contributed by atoms with E-state index in [9.17, 15) is 4.79 Å². The second kappa shape index (κ2) is 9.03. The van der Waals surface area contributed by atoms with Crippen molar-refractivity contribution in [1.29, 1.82) is 0 Å². The standard InChI is InChI=1S/C27H29N3O/c31-27(18-21-10-15-29(16-11-21)20-22-4-2-1-3-5-22)24-6-7-26-23(19-24)12-17-30(26)25-8-13-28-14-9-25/h1-9,13-14,19,21H,10-12,15-18,20H2. The Hall–Kier alpha value is -2.98. The van der Waals surface area contributed by atoms with Gasteiger partial charge in [0.2, 0.25) is 0 Å². The zero-order chi connectivity index (χ0) is 21.0. The molecule has 158 valence electrons. The number of piperidine rings is 1. The molecule has 0 saturated carbocycles. The molecule has 0 atom stereocenters. The maximum Gasteiger partial charge on any atom is 0.163 e. The minimum atomic E-state index is 0.298. The molecule has 0 amide bonds. The molecule has 4 heteroatoms. The number of anilines is 2. The lowest BCUT2D eigenvalue weighted by atomic mass is 9.89. The second-order valence-electron chi connectivity index (χ2n) is 8.78. The molecule has 5 rings (SSSR count). The molecule has 0 aliphatic carbocycles. The van der Waals surface area contributed by atoms with Gasteiger partial charge in [-0.25, -0.2) is 0 Å². The van der Waals surface area contributed by atoms with Gasteiger partial charge in [-0.3, -0.25) is 14.7 Å². The summed E-state index contributed by atoms with van der Waals surface area (Å²) in [6.07, 6.45) is 7.54. The number of pyridine rings is 1. The number of likely N-dealkylation sites (tertiary alicyclic amines) is 1. The number of aromatic nitrogens is 1. The van der Waals surface area contributed by atoms with Crippen molar-refractivity contribution in [2.24, 2.45) is 5.92 Å². The SMILES string of the molecule is O=C(CC1CCN(Cc2ccccc2)CC1)c1ccc2c(c1)CCN2c1ccncc1. The number of rotatable bonds is 6. The van der Waals surface area contributed by atoms with Crippen LogP contribution in [0.1, 0.15) is 40.7 Å². The smallest absolute Gasteiger partial charge is 0.163 e. The highest BCUT2D eigenvalue weighted by Crippen LogP contribution is 2.35. The van der Waals surface area contributed by atoms with E-state index in [4.69, 9.17) is 0 Å². The van der Waals surface area contributed by atoms with E-state index >= 15 is 0 Å². The number of nitrogens with zero attached hydrogens (tertiary/aromatic N) is 3. The van der Waals surface area contributed by atoms with E-state index in [1.54, 1.807) is 0 Å². The second-order valence-corrected chi connectivity index (χ2v) is 8.78. The maximum atomic E-state index is 13.0. The lowest BCUT2D eigenvalue weighted by Gasteiger charge is -2.31. The van der Waals surface area contributed by atoms with Crippen LogP contribution in [0, 0.1) is 5.92 Å². The molecule has 2 aromatic carbocycles. The van der Waals surface area contributed by atoms with Crippen LogP contribution in [-0.2, 0) is 13.0 Å². The minimum absolute atomic E-state index is 0.298. The Morgan fingerprint density at radius 3 is 2.48 bits per heavy atom. The van der Waals surface area contributed by atoms with Gasteiger partial charge in [-0.2, -0.15) is 0 Å². The number of benzene rings is 2. The number of hydrogen-bond donors (Lipinski definition) is 0. The van der Waals surface area contributed by atoms with E-state index in [1.807, 2.05) is 30.6 Å². The fourth-order valence-electron chi connectivity index (χ4n) is 4.94. The largest absolute Gasteiger partial charge is 0.341 e. The zero-order valence-electron chi connectivity index (χ0n) is 17.9. The average Bonchev–Trinajstić information content (AvgIpc) is 3.25. The van der Waals surface area contributed by atoms with Crippen LogP contribution in [0.15, 0.2) is 73.1 Å². The highest BCUT2D eigenvalue weighted by Gasteiger charge is 2.24. The van der Waals surface area contributed by atoms with Gasteiger partial charge in [-0.05, 0) is 79.7 Å². The van der Waals surface area contributed by atoms with E-state index in [0.29, 0.717) is 18.1 Å². The molecule has 0 radical (unpaired) electrons. The van der Waals surface area contributed by atoms with Gasteiger partial charge in [0.05, 0.1) is 0 Å². The molecule has 0 bridgehead atoms. The Kier molecular flexibility index (Phi) is 5.81. The predicted octanol–water partition coefficient (Wildman–Crippen LogP) is 5.26. The third kappa shape index (κ3) is 4.54. The van der Waals surface area contributed by atoms with Gasteiger partial charge in [0.25, 0.3) is 0 Å². The topological polar surface area (TPSA) is 36.4 Å². The highest BCUT2D eigenvalue weighted by atomic mass is 16.1. The van der Waals surface area contributed by atoms with E-state index in [0.717, 1.165) is 56.7 Å². The Labute approximate surface area is 184 Å². The number of hydrogen-bond acceptors (Lipinski definition) is 4. The monoisotopic (exact) mass is 411 g/mol. The lowest BCUT2D eigenvalue weighted by molar-refractivity contribution is 0.0925. The molecule has 3 aromatic rings. The fraction of sp³-hybridized carbons (Fsp3) is 0.333. The molecular weight excluding hydrogens is 382 g/mol. The summed E-state index contributed by atoms with van der Waals surface area (Å²) >= 11 is 0. The van der Waals surface area contributed by atoms with Crippen molar-refractivity contribution in [3.05, 3.63) is 89.7 Å². The van der Waals surface area contributed by atoms with Crippen LogP contribution in [0.4, 0.5) is 11.4 Å². The molecule has 1 fully saturated rings. The molecule has 2 aliphatic rings. The van der Waals surface area contributed by atoms with Gasteiger partial charge in [0.1, 0.15) is 0 Å². The maximum absolute atomic E-state index is 13.0. The average molecular weight is 412 g/mol. The third-order valence-corrected chi connectivity index (χ3v) is 6.70. The van der Waals surface area contributed by atoms with Crippen molar-refractivity contribution in [3.63, 3.8) is 0 Å². The van der Waals surface area contributed by atoms with Crippen LogP contribution >= 0.6 is 0 Å². The molecule has 0 spiro atoms. The van der Waals surface area contributed by atoms with Crippen molar-refractivity contribution < 1.29 is 4.79 Å². The van der Waals surface area contributed by atoms with Crippen LogP contribution in [0.2, 0.25) is 0 Å². The fourth-order valence-corrected chi connectivity index (χ4v) is 4.94. The summed E-state index contributed by atoms with van der Waals surface area (Å²) in [5.74, 6) is 0.799. The highest BCUT2D eigenvalue weighted by molar-refractivity contribution is 5.97. The quantitative estimate of drug-likeness (QED) is 0.519. The van der Waals surface area contributed by atoms with E-state index in [1.165, 1.54) is 16.8 Å². The van der Waals surface area contributed by atoms with Crippen molar-refractivity contribution in [3.8, 4) is 0 Å². The molecule has 0 N–H and O–H groups in total. The number of Topliss-reactive ketones (excluding diaryl/α,β-unsaturated/α-hetero) is 1. The normalized spacial score (nSPS) is 17.0. The first-order valence-electron chi connectivity index (χ1n) is 11.4. The number of carbonyl (C=O) groups is 1. The van der Waals surface area contributed by atoms with Gasteiger partial charge in [-0.1, -0.05) is 30.3 Å². The molecular formula is C27H29N3O. The Bertz CT molecular complexity index is 1030. The van der Waals surface area contributed by atoms with E-state index < -0.39 is 0 Å². The van der Waals surface area contributed by atoms with Gasteiger partial charge in [-0.15, -0.1) is 0 Å². The van der Waals surface area contributed by atoms with Gasteiger partial charge in [0.15, 0.2) is 5.78 Å². The summed E-state index contributed by atoms with van der Waals surface area (Å²) in [5.41, 5.74) is 5.91. The molecule has 1 aromatic heterocycles. The third-order valence-electron chi connectivity index (χ3n) is 6.70. The number of carbonyl (C=O) groups excluding carboxylic acids is 1. The summed E-state index contributed by atoms with van der Waals surface area (Å²) in [7, 11) is 0. The van der Waals surface area contributed by atoms with E-state index in [-0.39, 0.29) is 0 Å². The minimum Gasteiger partial charge on any atom is -0.341 e. The zero-order valence-corrected chi connectivity index (χ0v) is 17.9. The lowest BCUT2D eigenvalue weighted by Crippen LogP contribution is -2.33. The Morgan fingerprint density at radius 2 is 1.71 bits per heavy atom. The number of fused-ring (bicyclic) bond motifs is 1. The molecule has 4 nitrogen and oxygen atoms in total. The van der Waals surface area contributed by atoms with Crippen molar-refractivity contribution in [2.75, 3.05) is 24.5 Å². The first-order chi connectivity index (χ1) is 15.3. The van der Waals surface area contributed by atoms with Crippen LogP contribution in [0.25, 0.3) is 0 Å². The van der Waals surface area contributed by atoms with Crippen molar-refractivity contribution in [2.45, 2.75) is 32.2 Å². The predicted molar refractivity (Wildman–Crippen MR) is 125 cm³/mol. The first-order valence-corrected chi connectivity index (χ1v) is 11.4. The molecule has 31 heavy (non-hydrogen) atoms. The summed E-state index contributed by atoms with van der Waals surface area (Å²) in [4.78, 5) is 21.9. The molecule has 2 aliphatic heterocycles.